The smallest absolute Gasteiger partial charge is 0.344 e. The topological polar surface area (TPSA) is 77.4 Å². The van der Waals surface area contributed by atoms with Gasteiger partial charge in [0.1, 0.15) is 0 Å². The van der Waals surface area contributed by atoms with E-state index < -0.39 is 5.97 Å². The van der Waals surface area contributed by atoms with Crippen molar-refractivity contribution in [2.24, 2.45) is 5.10 Å². The maximum atomic E-state index is 12.9. The molecule has 2 aromatic rings. The van der Waals surface area contributed by atoms with Crippen LogP contribution in [0, 0.1) is 0 Å². The summed E-state index contributed by atoms with van der Waals surface area (Å²) in [6.45, 7) is 3.56. The first-order valence-electron chi connectivity index (χ1n) is 9.27. The first kappa shape index (κ1) is 21.6. The third-order valence-electron chi connectivity index (χ3n) is 4.27. The summed E-state index contributed by atoms with van der Waals surface area (Å²) in [6, 6.07) is 12.7. The van der Waals surface area contributed by atoms with E-state index in [-0.39, 0.29) is 19.1 Å². The average molecular weight is 473 g/mol. The van der Waals surface area contributed by atoms with Crippen molar-refractivity contribution in [1.82, 2.24) is 0 Å². The van der Waals surface area contributed by atoms with E-state index in [1.54, 1.807) is 32.1 Å². The van der Waals surface area contributed by atoms with Crippen LogP contribution in [0.25, 0.3) is 6.08 Å². The first-order valence-corrected chi connectivity index (χ1v) is 10.1. The first-order chi connectivity index (χ1) is 14.4. The maximum Gasteiger partial charge on any atom is 0.344 e. The molecule has 156 valence electrons. The van der Waals surface area contributed by atoms with Crippen LogP contribution >= 0.6 is 15.9 Å². The summed E-state index contributed by atoms with van der Waals surface area (Å²) in [5.41, 5.74) is 2.51. The molecule has 3 rings (SSSR count). The molecule has 30 heavy (non-hydrogen) atoms. The predicted molar refractivity (Wildman–Crippen MR) is 118 cm³/mol. The van der Waals surface area contributed by atoms with Crippen LogP contribution in [0.1, 0.15) is 19.4 Å². The molecule has 0 saturated heterocycles. The van der Waals surface area contributed by atoms with Crippen molar-refractivity contribution in [3.63, 3.8) is 0 Å². The summed E-state index contributed by atoms with van der Waals surface area (Å²) in [5.74, 6) is 0.112. The van der Waals surface area contributed by atoms with E-state index in [1.165, 1.54) is 12.1 Å². The number of hydrogen-bond acceptors (Lipinski definition) is 6. The summed E-state index contributed by atoms with van der Waals surface area (Å²) >= 11 is 3.44. The number of ether oxygens (including phenoxy) is 3. The minimum atomic E-state index is -0.470. The Kier molecular flexibility index (Phi) is 6.89. The molecule has 0 N–H and O–H groups in total. The van der Waals surface area contributed by atoms with Crippen LogP contribution in [0.2, 0.25) is 0 Å². The van der Waals surface area contributed by atoms with Gasteiger partial charge in [-0.2, -0.15) is 10.1 Å². The second-order valence-corrected chi connectivity index (χ2v) is 7.18. The fourth-order valence-electron chi connectivity index (χ4n) is 2.89. The number of hydrazone groups is 1. The number of amides is 1. The fraction of sp³-hybridized carbons (Fsp3) is 0.227. The number of para-hydroxylation sites is 1. The minimum absolute atomic E-state index is 0.212. The normalized spacial score (nSPS) is 14.7. The molecule has 7 nitrogen and oxygen atoms in total. The van der Waals surface area contributed by atoms with E-state index in [0.29, 0.717) is 32.9 Å². The lowest BCUT2D eigenvalue weighted by Gasteiger charge is -2.13. The summed E-state index contributed by atoms with van der Waals surface area (Å²) in [5, 5.41) is 5.76. The van der Waals surface area contributed by atoms with E-state index in [2.05, 4.69) is 21.0 Å². The van der Waals surface area contributed by atoms with Crippen molar-refractivity contribution < 1.29 is 23.8 Å². The molecule has 0 spiro atoms. The highest BCUT2D eigenvalue weighted by molar-refractivity contribution is 9.10. The monoisotopic (exact) mass is 472 g/mol. The fourth-order valence-corrected chi connectivity index (χ4v) is 3.47. The van der Waals surface area contributed by atoms with E-state index in [4.69, 9.17) is 14.2 Å². The number of rotatable bonds is 7. The third kappa shape index (κ3) is 4.71. The number of anilines is 1. The Hall–Kier alpha value is -3.13. The highest BCUT2D eigenvalue weighted by atomic mass is 79.9. The molecule has 2 aromatic carbocycles. The van der Waals surface area contributed by atoms with Gasteiger partial charge in [0.2, 0.25) is 0 Å². The Balaban J connectivity index is 1.87. The van der Waals surface area contributed by atoms with E-state index in [9.17, 15) is 9.59 Å². The van der Waals surface area contributed by atoms with Crippen LogP contribution in [0.3, 0.4) is 0 Å². The van der Waals surface area contributed by atoms with Crippen LogP contribution in [-0.2, 0) is 14.3 Å². The summed E-state index contributed by atoms with van der Waals surface area (Å²) in [7, 11) is 1.50. The van der Waals surface area contributed by atoms with Gasteiger partial charge in [-0.3, -0.25) is 4.79 Å². The third-order valence-corrected chi connectivity index (χ3v) is 4.85. The van der Waals surface area contributed by atoms with Gasteiger partial charge in [0.15, 0.2) is 18.1 Å². The molecule has 8 heteroatoms. The van der Waals surface area contributed by atoms with Gasteiger partial charge in [-0.15, -0.1) is 0 Å². The number of carbonyl (C=O) groups excluding carboxylic acids is 2. The Morgan fingerprint density at radius 2 is 1.97 bits per heavy atom. The average Bonchev–Trinajstić information content (AvgIpc) is 3.01. The number of carbonyl (C=O) groups is 2. The van der Waals surface area contributed by atoms with Gasteiger partial charge in [-0.05, 0) is 65.7 Å². The number of benzene rings is 2. The lowest BCUT2D eigenvalue weighted by Crippen LogP contribution is -2.21. The molecule has 0 unspecified atom stereocenters. The number of halogens is 1. The number of esters is 1. The lowest BCUT2D eigenvalue weighted by atomic mass is 10.1. The molecule has 0 atom stereocenters. The molecule has 0 bridgehead atoms. The molecule has 0 radical (unpaired) electrons. The maximum absolute atomic E-state index is 12.9. The Labute approximate surface area is 183 Å². The van der Waals surface area contributed by atoms with Crippen molar-refractivity contribution in [3.8, 4) is 11.5 Å². The van der Waals surface area contributed by atoms with Gasteiger partial charge in [-0.25, -0.2) is 4.79 Å². The largest absolute Gasteiger partial charge is 0.493 e. The van der Waals surface area contributed by atoms with Crippen LogP contribution in [0.5, 0.6) is 11.5 Å². The molecule has 0 fully saturated rings. The summed E-state index contributed by atoms with van der Waals surface area (Å²) in [6.07, 6.45) is 1.74. The number of hydrogen-bond donors (Lipinski definition) is 0. The van der Waals surface area contributed by atoms with Crippen LogP contribution in [0.4, 0.5) is 5.69 Å². The Bertz CT molecular complexity index is 1020. The molecular formula is C22H21BrN2O5. The minimum Gasteiger partial charge on any atom is -0.493 e. The van der Waals surface area contributed by atoms with E-state index in [1.807, 2.05) is 30.3 Å². The molecule has 1 aliphatic heterocycles. The molecule has 0 saturated carbocycles. The quantitative estimate of drug-likeness (QED) is 0.445. The van der Waals surface area contributed by atoms with Gasteiger partial charge in [0.25, 0.3) is 5.91 Å². The van der Waals surface area contributed by atoms with Crippen molar-refractivity contribution in [1.29, 1.82) is 0 Å². The molecule has 0 aromatic heterocycles. The van der Waals surface area contributed by atoms with Gasteiger partial charge >= 0.3 is 5.97 Å². The molecular weight excluding hydrogens is 452 g/mol. The second-order valence-electron chi connectivity index (χ2n) is 6.32. The SMILES string of the molecule is CCOC(=O)COc1c(Br)cc(/C=C2/C(=O)N(c3ccccc3)N=C2C)cc1OC. The molecule has 1 amide bonds. The van der Waals surface area contributed by atoms with E-state index >= 15 is 0 Å². The predicted octanol–water partition coefficient (Wildman–Crippen LogP) is 4.21. The number of nitrogens with zero attached hydrogens (tertiary/aromatic N) is 2. The molecule has 1 heterocycles. The van der Waals surface area contributed by atoms with Crippen molar-refractivity contribution in [2.45, 2.75) is 13.8 Å². The zero-order valence-electron chi connectivity index (χ0n) is 16.8. The van der Waals surface area contributed by atoms with Crippen LogP contribution in [0.15, 0.2) is 57.6 Å². The van der Waals surface area contributed by atoms with Crippen LogP contribution in [-0.4, -0.2) is 37.9 Å². The standard InChI is InChI=1S/C22H21BrN2O5/c1-4-29-20(26)13-30-21-18(23)11-15(12-19(21)28-3)10-17-14(2)24-25(22(17)27)16-8-6-5-7-9-16/h5-12H,4,13H2,1-3H3/b17-10+. The zero-order chi connectivity index (χ0) is 21.7. The van der Waals surface area contributed by atoms with Gasteiger partial charge in [-0.1, -0.05) is 18.2 Å². The van der Waals surface area contributed by atoms with Crippen molar-refractivity contribution in [2.75, 3.05) is 25.3 Å². The number of methoxy groups -OCH3 is 1. The molecule has 0 aliphatic carbocycles. The highest BCUT2D eigenvalue weighted by Gasteiger charge is 2.28. The lowest BCUT2D eigenvalue weighted by molar-refractivity contribution is -0.145. The van der Waals surface area contributed by atoms with Gasteiger partial charge < -0.3 is 14.2 Å². The van der Waals surface area contributed by atoms with E-state index in [0.717, 1.165) is 5.56 Å². The Morgan fingerprint density at radius 3 is 2.63 bits per heavy atom. The van der Waals surface area contributed by atoms with Gasteiger partial charge in [0.05, 0.1) is 35.2 Å². The summed E-state index contributed by atoms with van der Waals surface area (Å²) in [4.78, 5) is 24.5. The van der Waals surface area contributed by atoms with Crippen LogP contribution < -0.4 is 14.5 Å². The highest BCUT2D eigenvalue weighted by Crippen LogP contribution is 2.37. The van der Waals surface area contributed by atoms with Crippen molar-refractivity contribution >= 4 is 45.3 Å². The molecule has 1 aliphatic rings. The van der Waals surface area contributed by atoms with Gasteiger partial charge in [0, 0.05) is 0 Å². The summed E-state index contributed by atoms with van der Waals surface area (Å²) < 4.78 is 16.4. The second kappa shape index (κ2) is 9.58. The Morgan fingerprint density at radius 1 is 1.23 bits per heavy atom. The van der Waals surface area contributed by atoms with Crippen molar-refractivity contribution in [3.05, 3.63) is 58.1 Å². The zero-order valence-corrected chi connectivity index (χ0v) is 18.4.